The largest absolute Gasteiger partial charge is 0.389 e. The third kappa shape index (κ3) is 6.34. The number of hydrogen-bond donors (Lipinski definition) is 2. The van der Waals surface area contributed by atoms with Gasteiger partial charge < -0.3 is 15.2 Å². The van der Waals surface area contributed by atoms with Gasteiger partial charge in [-0.05, 0) is 6.92 Å². The summed E-state index contributed by atoms with van der Waals surface area (Å²) in [5, 5.41) is 11.9. The molecule has 0 saturated heterocycles. The van der Waals surface area contributed by atoms with E-state index in [2.05, 4.69) is 10.3 Å². The van der Waals surface area contributed by atoms with Crippen LogP contribution in [0.5, 0.6) is 0 Å². The monoisotopic (exact) mass is 280 g/mol. The van der Waals surface area contributed by atoms with E-state index < -0.39 is 19.1 Å². The van der Waals surface area contributed by atoms with E-state index in [-0.39, 0.29) is 13.2 Å². The van der Waals surface area contributed by atoms with Crippen molar-refractivity contribution in [2.75, 3.05) is 26.3 Å². The van der Waals surface area contributed by atoms with E-state index in [1.54, 1.807) is 16.8 Å². The highest BCUT2D eigenvalue weighted by Gasteiger charge is 2.07. The van der Waals surface area contributed by atoms with Crippen molar-refractivity contribution in [3.05, 3.63) is 16.1 Å². The lowest BCUT2D eigenvalue weighted by atomic mass is 10.3. The van der Waals surface area contributed by atoms with Crippen molar-refractivity contribution in [2.24, 2.45) is 0 Å². The highest BCUT2D eigenvalue weighted by atomic mass is 32.1. The summed E-state index contributed by atoms with van der Waals surface area (Å²) in [7, 11) is 0. The Bertz CT molecular complexity index is 337. The fraction of sp³-hybridized carbons (Fsp3) is 0.727. The number of aryl methyl sites for hydroxylation is 1. The number of aliphatic hydroxyl groups is 1. The van der Waals surface area contributed by atoms with Crippen molar-refractivity contribution in [1.29, 1.82) is 0 Å². The van der Waals surface area contributed by atoms with E-state index in [1.165, 1.54) is 4.88 Å². The predicted octanol–water partition coefficient (Wildman–Crippen LogP) is 1.23. The molecule has 0 aliphatic carbocycles. The van der Waals surface area contributed by atoms with Gasteiger partial charge in [-0.3, -0.25) is 0 Å². The van der Waals surface area contributed by atoms with E-state index in [9.17, 15) is 13.9 Å². The Hall–Kier alpha value is -0.630. The highest BCUT2D eigenvalue weighted by Crippen LogP contribution is 2.12. The van der Waals surface area contributed by atoms with Crippen molar-refractivity contribution in [1.82, 2.24) is 10.3 Å². The highest BCUT2D eigenvalue weighted by molar-refractivity contribution is 7.09. The molecule has 1 atom stereocenters. The number of aromatic nitrogens is 1. The second-order valence-electron chi connectivity index (χ2n) is 3.89. The van der Waals surface area contributed by atoms with E-state index >= 15 is 0 Å². The first kappa shape index (κ1) is 15.4. The lowest BCUT2D eigenvalue weighted by molar-refractivity contribution is 0.0358. The maximum absolute atomic E-state index is 11.8. The van der Waals surface area contributed by atoms with Crippen molar-refractivity contribution in [2.45, 2.75) is 25.9 Å². The molecule has 0 saturated carbocycles. The molecular formula is C11H18F2N2O2S. The molecule has 1 aromatic heterocycles. The number of nitrogens with one attached hydrogen (secondary N) is 1. The van der Waals surface area contributed by atoms with Crippen LogP contribution in [-0.4, -0.2) is 48.9 Å². The van der Waals surface area contributed by atoms with Crippen LogP contribution in [0.4, 0.5) is 8.78 Å². The zero-order valence-electron chi connectivity index (χ0n) is 10.2. The lowest BCUT2D eigenvalue weighted by Crippen LogP contribution is -2.33. The predicted molar refractivity (Wildman–Crippen MR) is 66.3 cm³/mol. The number of rotatable bonds is 9. The molecule has 2 N–H and O–H groups in total. The molecule has 0 aliphatic heterocycles. The Morgan fingerprint density at radius 3 is 2.89 bits per heavy atom. The van der Waals surface area contributed by atoms with Gasteiger partial charge in [-0.2, -0.15) is 0 Å². The molecule has 4 nitrogen and oxygen atoms in total. The molecule has 7 heteroatoms. The first-order valence-corrected chi connectivity index (χ1v) is 6.61. The van der Waals surface area contributed by atoms with E-state index in [4.69, 9.17) is 4.74 Å². The molecule has 0 radical (unpaired) electrons. The minimum Gasteiger partial charge on any atom is -0.389 e. The summed E-state index contributed by atoms with van der Waals surface area (Å²) in [5.74, 6) is 0. The Morgan fingerprint density at radius 2 is 2.28 bits per heavy atom. The second-order valence-corrected chi connectivity index (χ2v) is 4.83. The summed E-state index contributed by atoms with van der Waals surface area (Å²) >= 11 is 1.58. The SMILES string of the molecule is Cc1ncsc1CCOCC(O)CNCC(F)F. The first-order chi connectivity index (χ1) is 8.59. The average molecular weight is 280 g/mol. The fourth-order valence-corrected chi connectivity index (χ4v) is 2.13. The normalized spacial score (nSPS) is 13.2. The van der Waals surface area contributed by atoms with Crippen LogP contribution in [-0.2, 0) is 11.2 Å². The number of aliphatic hydroxyl groups excluding tert-OH is 1. The Balaban J connectivity index is 2.02. The standard InChI is InChI=1S/C11H18F2N2O2S/c1-8-10(18-7-15-8)2-3-17-6-9(16)4-14-5-11(12)13/h7,9,11,14,16H,2-6H2,1H3. The molecule has 1 rings (SSSR count). The van der Waals surface area contributed by atoms with Gasteiger partial charge in [0, 0.05) is 17.8 Å². The van der Waals surface area contributed by atoms with Gasteiger partial charge in [0.15, 0.2) is 0 Å². The lowest BCUT2D eigenvalue weighted by Gasteiger charge is -2.12. The third-order valence-electron chi connectivity index (χ3n) is 2.31. The summed E-state index contributed by atoms with van der Waals surface area (Å²) < 4.78 is 28.9. The van der Waals surface area contributed by atoms with Crippen molar-refractivity contribution in [3.63, 3.8) is 0 Å². The molecule has 0 fully saturated rings. The molecule has 0 aromatic carbocycles. The van der Waals surface area contributed by atoms with Crippen LogP contribution in [0, 0.1) is 6.92 Å². The summed E-state index contributed by atoms with van der Waals surface area (Å²) in [4.78, 5) is 5.29. The molecule has 104 valence electrons. The fourth-order valence-electron chi connectivity index (χ4n) is 1.37. The summed E-state index contributed by atoms with van der Waals surface area (Å²) in [6.07, 6.45) is -2.40. The Labute approximate surface area is 109 Å². The maximum atomic E-state index is 11.8. The van der Waals surface area contributed by atoms with Crippen LogP contribution < -0.4 is 5.32 Å². The number of ether oxygens (including phenoxy) is 1. The summed E-state index contributed by atoms with van der Waals surface area (Å²) in [6.45, 7) is 2.29. The molecule has 0 spiro atoms. The minimum atomic E-state index is -2.40. The van der Waals surface area contributed by atoms with Gasteiger partial charge in [0.25, 0.3) is 6.43 Å². The Kier molecular flexibility index (Phi) is 7.26. The number of halogens is 2. The molecule has 0 bridgehead atoms. The number of thiazole rings is 1. The van der Waals surface area contributed by atoms with Crippen molar-refractivity contribution >= 4 is 11.3 Å². The topological polar surface area (TPSA) is 54.4 Å². The van der Waals surface area contributed by atoms with Crippen LogP contribution in [0.3, 0.4) is 0 Å². The molecule has 1 heterocycles. The summed E-state index contributed by atoms with van der Waals surface area (Å²) in [6, 6.07) is 0. The minimum absolute atomic E-state index is 0.115. The number of alkyl halides is 2. The van der Waals surface area contributed by atoms with Gasteiger partial charge in [0.05, 0.1) is 37.1 Å². The third-order valence-corrected chi connectivity index (χ3v) is 3.30. The molecule has 0 amide bonds. The van der Waals surface area contributed by atoms with E-state index in [0.29, 0.717) is 6.61 Å². The smallest absolute Gasteiger partial charge is 0.250 e. The van der Waals surface area contributed by atoms with Gasteiger partial charge in [-0.15, -0.1) is 11.3 Å². The second kappa shape index (κ2) is 8.47. The zero-order valence-corrected chi connectivity index (χ0v) is 11.1. The van der Waals surface area contributed by atoms with E-state index in [0.717, 1.165) is 12.1 Å². The van der Waals surface area contributed by atoms with Crippen molar-refractivity contribution in [3.8, 4) is 0 Å². The first-order valence-electron chi connectivity index (χ1n) is 5.73. The van der Waals surface area contributed by atoms with Crippen LogP contribution in [0.15, 0.2) is 5.51 Å². The number of nitrogens with zero attached hydrogens (tertiary/aromatic N) is 1. The van der Waals surface area contributed by atoms with Gasteiger partial charge in [0.2, 0.25) is 0 Å². The molecule has 1 unspecified atom stereocenters. The van der Waals surface area contributed by atoms with Crippen LogP contribution in [0.1, 0.15) is 10.6 Å². The maximum Gasteiger partial charge on any atom is 0.250 e. The summed E-state index contributed by atoms with van der Waals surface area (Å²) in [5.41, 5.74) is 2.79. The molecule has 1 aromatic rings. The van der Waals surface area contributed by atoms with Gasteiger partial charge >= 0.3 is 0 Å². The zero-order chi connectivity index (χ0) is 13.4. The van der Waals surface area contributed by atoms with Crippen molar-refractivity contribution < 1.29 is 18.6 Å². The van der Waals surface area contributed by atoms with Gasteiger partial charge in [-0.1, -0.05) is 0 Å². The van der Waals surface area contributed by atoms with E-state index in [1.807, 2.05) is 6.92 Å². The Morgan fingerprint density at radius 1 is 1.50 bits per heavy atom. The molecule has 0 aliphatic rings. The molecular weight excluding hydrogens is 262 g/mol. The average Bonchev–Trinajstić information content (AvgIpc) is 2.70. The van der Waals surface area contributed by atoms with Crippen LogP contribution >= 0.6 is 11.3 Å². The quantitative estimate of drug-likeness (QED) is 0.668. The molecule has 18 heavy (non-hydrogen) atoms. The van der Waals surface area contributed by atoms with Gasteiger partial charge in [-0.25, -0.2) is 13.8 Å². The van der Waals surface area contributed by atoms with Crippen LogP contribution in [0.25, 0.3) is 0 Å². The van der Waals surface area contributed by atoms with Crippen LogP contribution in [0.2, 0.25) is 0 Å². The number of hydrogen-bond acceptors (Lipinski definition) is 5. The van der Waals surface area contributed by atoms with Gasteiger partial charge in [0.1, 0.15) is 0 Å².